The summed E-state index contributed by atoms with van der Waals surface area (Å²) in [6, 6.07) is 6.54. The molecule has 2 aromatic rings. The number of methoxy groups -OCH3 is 1. The van der Waals surface area contributed by atoms with E-state index in [1.54, 1.807) is 24.3 Å². The van der Waals surface area contributed by atoms with Crippen molar-refractivity contribution < 1.29 is 22.3 Å². The lowest BCUT2D eigenvalue weighted by Gasteiger charge is -2.02. The summed E-state index contributed by atoms with van der Waals surface area (Å²) in [7, 11) is 1.48. The summed E-state index contributed by atoms with van der Waals surface area (Å²) >= 11 is 1.82. The first-order valence-corrected chi connectivity index (χ1v) is 6.75. The second kappa shape index (κ2) is 5.40. The van der Waals surface area contributed by atoms with Gasteiger partial charge in [-0.3, -0.25) is 0 Å². The first-order chi connectivity index (χ1) is 8.95. The fourth-order valence-corrected chi connectivity index (χ4v) is 2.06. The van der Waals surface area contributed by atoms with Crippen LogP contribution >= 0.6 is 22.6 Å². The Kier molecular flexibility index (Phi) is 4.02. The molecule has 3 nitrogen and oxygen atoms in total. The smallest absolute Gasteiger partial charge is 0.451 e. The van der Waals surface area contributed by atoms with Crippen LogP contribution in [0, 0.1) is 0 Å². The van der Waals surface area contributed by atoms with Crippen molar-refractivity contribution in [1.82, 2.24) is 4.98 Å². The average molecular weight is 383 g/mol. The van der Waals surface area contributed by atoms with Gasteiger partial charge < -0.3 is 9.15 Å². The van der Waals surface area contributed by atoms with Crippen LogP contribution in [0.1, 0.15) is 11.5 Å². The summed E-state index contributed by atoms with van der Waals surface area (Å²) in [6.45, 7) is 0. The summed E-state index contributed by atoms with van der Waals surface area (Å²) in [5.41, 5.74) is 0.340. The lowest BCUT2D eigenvalue weighted by atomic mass is 10.2. The van der Waals surface area contributed by atoms with Gasteiger partial charge in [0.15, 0.2) is 0 Å². The Hall–Kier alpha value is -1.25. The maximum atomic E-state index is 12.7. The Balaban J connectivity index is 2.48. The molecule has 0 saturated heterocycles. The molecule has 0 atom stereocenters. The number of halogens is 4. The molecular formula is C12H9F3INO2. The molecule has 0 unspecified atom stereocenters. The highest BCUT2D eigenvalue weighted by atomic mass is 127. The topological polar surface area (TPSA) is 35.3 Å². The van der Waals surface area contributed by atoms with Gasteiger partial charge in [-0.25, -0.2) is 4.98 Å². The van der Waals surface area contributed by atoms with Crippen LogP contribution in [0.2, 0.25) is 0 Å². The molecule has 0 aliphatic heterocycles. The standard InChI is InChI=1S/C12H9F3INO2/c1-18-8-4-2-3-7(5-8)11-17-9(6-16)10(19-11)12(13,14)15/h2-5H,6H2,1H3. The summed E-state index contributed by atoms with van der Waals surface area (Å²) < 4.78 is 48.2. The lowest BCUT2D eigenvalue weighted by molar-refractivity contribution is -0.153. The van der Waals surface area contributed by atoms with Crippen LogP contribution in [0.3, 0.4) is 0 Å². The Bertz CT molecular complexity index is 581. The molecule has 0 saturated carbocycles. The molecule has 1 heterocycles. The van der Waals surface area contributed by atoms with Crippen molar-refractivity contribution in [2.24, 2.45) is 0 Å². The molecule has 0 amide bonds. The van der Waals surface area contributed by atoms with Crippen molar-refractivity contribution in [1.29, 1.82) is 0 Å². The SMILES string of the molecule is COc1cccc(-c2nc(CI)c(C(F)(F)F)o2)c1. The average Bonchev–Trinajstić information content (AvgIpc) is 2.83. The fourth-order valence-electron chi connectivity index (χ4n) is 1.54. The number of ether oxygens (including phenoxy) is 1. The van der Waals surface area contributed by atoms with E-state index in [-0.39, 0.29) is 16.0 Å². The molecule has 0 fully saturated rings. The molecule has 0 spiro atoms. The van der Waals surface area contributed by atoms with Gasteiger partial charge in [0.05, 0.1) is 7.11 Å². The first-order valence-electron chi connectivity index (χ1n) is 5.23. The van der Waals surface area contributed by atoms with Crippen LogP contribution in [0.4, 0.5) is 13.2 Å². The molecule has 0 radical (unpaired) electrons. The number of alkyl halides is 4. The third-order valence-corrected chi connectivity index (χ3v) is 3.12. The van der Waals surface area contributed by atoms with Crippen molar-refractivity contribution in [3.05, 3.63) is 35.7 Å². The van der Waals surface area contributed by atoms with Crippen molar-refractivity contribution in [3.8, 4) is 17.2 Å². The van der Waals surface area contributed by atoms with Crippen LogP contribution in [0.25, 0.3) is 11.5 Å². The van der Waals surface area contributed by atoms with Gasteiger partial charge >= 0.3 is 6.18 Å². The lowest BCUT2D eigenvalue weighted by Crippen LogP contribution is -2.05. The van der Waals surface area contributed by atoms with E-state index in [1.807, 2.05) is 22.6 Å². The van der Waals surface area contributed by atoms with Crippen LogP contribution in [-0.4, -0.2) is 12.1 Å². The van der Waals surface area contributed by atoms with Gasteiger partial charge in [0.1, 0.15) is 11.4 Å². The number of benzene rings is 1. The van der Waals surface area contributed by atoms with Crippen molar-refractivity contribution in [2.75, 3.05) is 7.11 Å². The molecule has 0 N–H and O–H groups in total. The van der Waals surface area contributed by atoms with Gasteiger partial charge in [-0.05, 0) is 18.2 Å². The number of nitrogens with zero attached hydrogens (tertiary/aromatic N) is 1. The Morgan fingerprint density at radius 1 is 1.37 bits per heavy atom. The minimum Gasteiger partial charge on any atom is -0.497 e. The number of hydrogen-bond acceptors (Lipinski definition) is 3. The van der Waals surface area contributed by atoms with Gasteiger partial charge in [-0.1, -0.05) is 28.7 Å². The number of oxazole rings is 1. The maximum Gasteiger partial charge on any atom is 0.451 e. The Morgan fingerprint density at radius 3 is 2.63 bits per heavy atom. The van der Waals surface area contributed by atoms with E-state index in [1.165, 1.54) is 7.11 Å². The zero-order valence-corrected chi connectivity index (χ0v) is 11.9. The maximum absolute atomic E-state index is 12.7. The molecule has 0 aliphatic rings. The summed E-state index contributed by atoms with van der Waals surface area (Å²) in [5.74, 6) is -0.571. The molecule has 2 rings (SSSR count). The highest BCUT2D eigenvalue weighted by Crippen LogP contribution is 2.36. The molecule has 19 heavy (non-hydrogen) atoms. The highest BCUT2D eigenvalue weighted by Gasteiger charge is 2.39. The third kappa shape index (κ3) is 3.02. The predicted octanol–water partition coefficient (Wildman–Crippen LogP) is 4.30. The van der Waals surface area contributed by atoms with Crippen LogP contribution < -0.4 is 4.74 Å². The predicted molar refractivity (Wildman–Crippen MR) is 71.2 cm³/mol. The van der Waals surface area contributed by atoms with E-state index in [0.717, 1.165) is 0 Å². The van der Waals surface area contributed by atoms with E-state index >= 15 is 0 Å². The van der Waals surface area contributed by atoms with Crippen molar-refractivity contribution >= 4 is 22.6 Å². The summed E-state index contributed by atoms with van der Waals surface area (Å²) in [5, 5.41) is 0. The second-order valence-electron chi connectivity index (χ2n) is 3.66. The number of aromatic nitrogens is 1. The Morgan fingerprint density at radius 2 is 2.11 bits per heavy atom. The number of rotatable bonds is 3. The van der Waals surface area contributed by atoms with Gasteiger partial charge in [-0.15, -0.1) is 0 Å². The minimum atomic E-state index is -4.54. The minimum absolute atomic E-state index is 0.0575. The van der Waals surface area contributed by atoms with Gasteiger partial charge in [0, 0.05) is 9.99 Å². The largest absolute Gasteiger partial charge is 0.497 e. The number of hydrogen-bond donors (Lipinski definition) is 0. The monoisotopic (exact) mass is 383 g/mol. The van der Waals surface area contributed by atoms with Crippen LogP contribution in [-0.2, 0) is 10.6 Å². The van der Waals surface area contributed by atoms with E-state index in [9.17, 15) is 13.2 Å². The van der Waals surface area contributed by atoms with Gasteiger partial charge in [0.25, 0.3) is 0 Å². The Labute approximate surface area is 120 Å². The molecule has 1 aromatic heterocycles. The van der Waals surface area contributed by atoms with Crippen molar-refractivity contribution in [2.45, 2.75) is 10.6 Å². The van der Waals surface area contributed by atoms with E-state index in [2.05, 4.69) is 4.98 Å². The van der Waals surface area contributed by atoms with Crippen LogP contribution in [0.5, 0.6) is 5.75 Å². The summed E-state index contributed by atoms with van der Waals surface area (Å²) in [4.78, 5) is 3.89. The normalized spacial score (nSPS) is 11.6. The molecule has 1 aromatic carbocycles. The van der Waals surface area contributed by atoms with Gasteiger partial charge in [0.2, 0.25) is 11.7 Å². The zero-order valence-electron chi connectivity index (χ0n) is 9.79. The molecule has 102 valence electrons. The highest BCUT2D eigenvalue weighted by molar-refractivity contribution is 14.1. The van der Waals surface area contributed by atoms with E-state index in [4.69, 9.17) is 9.15 Å². The summed E-state index contributed by atoms with van der Waals surface area (Å²) in [6.07, 6.45) is -4.54. The van der Waals surface area contributed by atoms with Crippen LogP contribution in [0.15, 0.2) is 28.7 Å². The zero-order chi connectivity index (χ0) is 14.0. The fraction of sp³-hybridized carbons (Fsp3) is 0.250. The third-order valence-electron chi connectivity index (χ3n) is 2.40. The van der Waals surface area contributed by atoms with Crippen molar-refractivity contribution in [3.63, 3.8) is 0 Å². The second-order valence-corrected chi connectivity index (χ2v) is 4.42. The molecular weight excluding hydrogens is 374 g/mol. The van der Waals surface area contributed by atoms with E-state index in [0.29, 0.717) is 11.3 Å². The van der Waals surface area contributed by atoms with E-state index < -0.39 is 11.9 Å². The molecule has 0 aliphatic carbocycles. The quantitative estimate of drug-likeness (QED) is 0.586. The first kappa shape index (κ1) is 14.2. The van der Waals surface area contributed by atoms with Gasteiger partial charge in [-0.2, -0.15) is 13.2 Å². The molecule has 7 heteroatoms. The molecule has 0 bridgehead atoms.